The van der Waals surface area contributed by atoms with Crippen LogP contribution in [0.2, 0.25) is 0 Å². The second-order valence-electron chi connectivity index (χ2n) is 5.54. The monoisotopic (exact) mass is 298 g/mol. The van der Waals surface area contributed by atoms with Crippen molar-refractivity contribution in [1.29, 1.82) is 0 Å². The molecule has 0 aromatic rings. The van der Waals surface area contributed by atoms with Crippen LogP contribution in [-0.2, 0) is 28.9 Å². The summed E-state index contributed by atoms with van der Waals surface area (Å²) in [6.07, 6.45) is 2.52. The van der Waals surface area contributed by atoms with Crippen LogP contribution in [0, 0.1) is 11.8 Å². The van der Waals surface area contributed by atoms with Crippen LogP contribution < -0.4 is 0 Å². The van der Waals surface area contributed by atoms with Gasteiger partial charge >= 0.3 is 17.9 Å². The van der Waals surface area contributed by atoms with Crippen LogP contribution in [0.1, 0.15) is 46.5 Å². The van der Waals surface area contributed by atoms with Gasteiger partial charge in [0.05, 0.1) is 17.9 Å². The number of rotatable bonds is 4. The Morgan fingerprint density at radius 1 is 1.00 bits per heavy atom. The van der Waals surface area contributed by atoms with Gasteiger partial charge in [-0.05, 0) is 33.6 Å². The molecule has 1 aliphatic rings. The van der Waals surface area contributed by atoms with Gasteiger partial charge in [0.1, 0.15) is 0 Å². The second-order valence-corrected chi connectivity index (χ2v) is 5.54. The minimum atomic E-state index is -0.805. The minimum Gasteiger partial charge on any atom is -0.463 e. The molecule has 0 saturated heterocycles. The van der Waals surface area contributed by atoms with Crippen molar-refractivity contribution in [3.05, 3.63) is 12.2 Å². The highest BCUT2D eigenvalue weighted by molar-refractivity contribution is 5.87. The van der Waals surface area contributed by atoms with Gasteiger partial charge < -0.3 is 4.74 Å². The Hall–Kier alpha value is -1.85. The Labute approximate surface area is 124 Å². The van der Waals surface area contributed by atoms with E-state index in [-0.39, 0.29) is 11.7 Å². The molecule has 21 heavy (non-hydrogen) atoms. The third-order valence-electron chi connectivity index (χ3n) is 3.27. The number of ether oxygens (including phenoxy) is 1. The van der Waals surface area contributed by atoms with E-state index in [1.807, 2.05) is 0 Å². The van der Waals surface area contributed by atoms with Crippen LogP contribution in [0.3, 0.4) is 0 Å². The molecular formula is C15H22O6. The summed E-state index contributed by atoms with van der Waals surface area (Å²) < 4.78 is 5.17. The lowest BCUT2D eigenvalue weighted by atomic mass is 9.79. The molecule has 0 aromatic heterocycles. The number of carbonyl (C=O) groups is 3. The van der Waals surface area contributed by atoms with Crippen molar-refractivity contribution >= 4 is 17.9 Å². The van der Waals surface area contributed by atoms with E-state index in [9.17, 15) is 14.4 Å². The second kappa shape index (κ2) is 7.81. The van der Waals surface area contributed by atoms with E-state index in [4.69, 9.17) is 4.74 Å². The van der Waals surface area contributed by atoms with Crippen LogP contribution in [-0.4, -0.2) is 24.0 Å². The molecule has 1 rings (SSSR count). The van der Waals surface area contributed by atoms with Crippen LogP contribution in [0.15, 0.2) is 12.2 Å². The summed E-state index contributed by atoms with van der Waals surface area (Å²) in [4.78, 5) is 44.1. The van der Waals surface area contributed by atoms with E-state index < -0.39 is 29.7 Å². The van der Waals surface area contributed by atoms with Crippen LogP contribution in [0.25, 0.3) is 0 Å². The SMILES string of the molecule is C=C(C)C(=O)OOC(=O)C1CCCCC1C(=O)OC(C)C. The standard InChI is InChI=1S/C15H22O6/c1-9(2)13(16)20-21-15(18)12-8-6-5-7-11(12)14(17)19-10(3)4/h10-12H,1,5-8H2,2-4H3. The number of hydrogen-bond acceptors (Lipinski definition) is 6. The fourth-order valence-corrected chi connectivity index (χ4v) is 2.23. The summed E-state index contributed by atoms with van der Waals surface area (Å²) in [6, 6.07) is 0. The molecule has 6 nitrogen and oxygen atoms in total. The molecule has 0 radical (unpaired) electrons. The van der Waals surface area contributed by atoms with Crippen molar-refractivity contribution in [2.24, 2.45) is 11.8 Å². The highest BCUT2D eigenvalue weighted by Gasteiger charge is 2.39. The molecule has 2 unspecified atom stereocenters. The molecule has 1 saturated carbocycles. The van der Waals surface area contributed by atoms with Crippen LogP contribution in [0.5, 0.6) is 0 Å². The van der Waals surface area contributed by atoms with Crippen molar-refractivity contribution in [2.45, 2.75) is 52.6 Å². The number of hydrogen-bond donors (Lipinski definition) is 0. The van der Waals surface area contributed by atoms with Gasteiger partial charge in [-0.15, -0.1) is 0 Å². The van der Waals surface area contributed by atoms with Crippen molar-refractivity contribution in [3.63, 3.8) is 0 Å². The Balaban J connectivity index is 2.63. The topological polar surface area (TPSA) is 78.9 Å². The van der Waals surface area contributed by atoms with Gasteiger partial charge in [0.2, 0.25) is 0 Å². The smallest absolute Gasteiger partial charge is 0.381 e. The summed E-state index contributed by atoms with van der Waals surface area (Å²) in [5.74, 6) is -3.10. The van der Waals surface area contributed by atoms with Gasteiger partial charge in [-0.25, -0.2) is 19.4 Å². The normalized spacial score (nSPS) is 21.5. The van der Waals surface area contributed by atoms with Crippen molar-refractivity contribution in [3.8, 4) is 0 Å². The largest absolute Gasteiger partial charge is 0.463 e. The molecule has 0 spiro atoms. The first kappa shape index (κ1) is 17.2. The maximum absolute atomic E-state index is 12.0. The zero-order chi connectivity index (χ0) is 16.0. The Kier molecular flexibility index (Phi) is 6.39. The lowest BCUT2D eigenvalue weighted by Gasteiger charge is -2.28. The molecule has 2 atom stereocenters. The number of carbonyl (C=O) groups excluding carboxylic acids is 3. The molecule has 0 aliphatic heterocycles. The molecule has 6 heteroatoms. The summed E-state index contributed by atoms with van der Waals surface area (Å²) in [5.41, 5.74) is 0.127. The lowest BCUT2D eigenvalue weighted by molar-refractivity contribution is -0.260. The third-order valence-corrected chi connectivity index (χ3v) is 3.27. The van der Waals surface area contributed by atoms with Crippen molar-refractivity contribution in [1.82, 2.24) is 0 Å². The molecule has 1 fully saturated rings. The molecule has 1 aliphatic carbocycles. The summed E-state index contributed by atoms with van der Waals surface area (Å²) >= 11 is 0. The molecular weight excluding hydrogens is 276 g/mol. The molecule has 0 N–H and O–H groups in total. The molecule has 0 heterocycles. The zero-order valence-corrected chi connectivity index (χ0v) is 12.7. The summed E-state index contributed by atoms with van der Waals surface area (Å²) in [5, 5.41) is 0. The maximum Gasteiger partial charge on any atom is 0.381 e. The van der Waals surface area contributed by atoms with Gasteiger partial charge in [0.15, 0.2) is 0 Å². The average molecular weight is 298 g/mol. The zero-order valence-electron chi connectivity index (χ0n) is 12.7. The molecule has 0 aromatic carbocycles. The molecule has 118 valence electrons. The first-order valence-electron chi connectivity index (χ1n) is 7.11. The molecule has 0 bridgehead atoms. The van der Waals surface area contributed by atoms with E-state index >= 15 is 0 Å². The Morgan fingerprint density at radius 3 is 2.00 bits per heavy atom. The predicted molar refractivity (Wildman–Crippen MR) is 73.7 cm³/mol. The van der Waals surface area contributed by atoms with Crippen LogP contribution in [0.4, 0.5) is 0 Å². The van der Waals surface area contributed by atoms with Gasteiger partial charge in [0.25, 0.3) is 0 Å². The van der Waals surface area contributed by atoms with Crippen molar-refractivity contribution < 1.29 is 28.9 Å². The highest BCUT2D eigenvalue weighted by Crippen LogP contribution is 2.32. The van der Waals surface area contributed by atoms with Gasteiger partial charge in [-0.2, -0.15) is 0 Å². The Morgan fingerprint density at radius 2 is 1.52 bits per heavy atom. The van der Waals surface area contributed by atoms with E-state index in [1.165, 1.54) is 6.92 Å². The lowest BCUT2D eigenvalue weighted by Crippen LogP contribution is -2.36. The molecule has 0 amide bonds. The third kappa shape index (κ3) is 5.21. The average Bonchev–Trinajstić information content (AvgIpc) is 2.43. The summed E-state index contributed by atoms with van der Waals surface area (Å²) in [6.45, 7) is 8.33. The van der Waals surface area contributed by atoms with E-state index in [0.29, 0.717) is 12.8 Å². The van der Waals surface area contributed by atoms with Crippen molar-refractivity contribution in [2.75, 3.05) is 0 Å². The highest BCUT2D eigenvalue weighted by atomic mass is 17.2. The van der Waals surface area contributed by atoms with E-state index in [0.717, 1.165) is 12.8 Å². The Bertz CT molecular complexity index is 426. The minimum absolute atomic E-state index is 0.127. The number of esters is 1. The fraction of sp³-hybridized carbons (Fsp3) is 0.667. The first-order chi connectivity index (χ1) is 9.82. The summed E-state index contributed by atoms with van der Waals surface area (Å²) in [7, 11) is 0. The van der Waals surface area contributed by atoms with Crippen LogP contribution >= 0.6 is 0 Å². The predicted octanol–water partition coefficient (Wildman–Crippen LogP) is 2.32. The van der Waals surface area contributed by atoms with Gasteiger partial charge in [0, 0.05) is 5.57 Å². The van der Waals surface area contributed by atoms with E-state index in [2.05, 4.69) is 16.4 Å². The van der Waals surface area contributed by atoms with Gasteiger partial charge in [-0.3, -0.25) is 4.79 Å². The quantitative estimate of drug-likeness (QED) is 0.343. The first-order valence-corrected chi connectivity index (χ1v) is 7.11. The van der Waals surface area contributed by atoms with E-state index in [1.54, 1.807) is 13.8 Å². The van der Waals surface area contributed by atoms with Gasteiger partial charge in [-0.1, -0.05) is 19.4 Å². The fourth-order valence-electron chi connectivity index (χ4n) is 2.23. The maximum atomic E-state index is 12.0.